The van der Waals surface area contributed by atoms with E-state index in [1.807, 2.05) is 37.4 Å². The van der Waals surface area contributed by atoms with Crippen LogP contribution < -0.4 is 11.1 Å². The van der Waals surface area contributed by atoms with Crippen LogP contribution in [0.1, 0.15) is 0 Å². The first-order chi connectivity index (χ1) is 7.31. The molecule has 3 N–H and O–H groups in total. The molecular weight excluding hydrogens is 184 g/mol. The molecule has 0 heterocycles. The standard InChI is InChI=1S/C13H14N2/c1-15-13-9-11(7-8-12(13)14)10-5-3-2-4-6-10/h2-9,15H,14H2,1H3. The van der Waals surface area contributed by atoms with E-state index in [1.165, 1.54) is 11.1 Å². The molecule has 0 atom stereocenters. The second kappa shape index (κ2) is 4.05. The third-order valence-corrected chi connectivity index (χ3v) is 2.43. The molecule has 0 unspecified atom stereocenters. The van der Waals surface area contributed by atoms with E-state index in [9.17, 15) is 0 Å². The van der Waals surface area contributed by atoms with Gasteiger partial charge in [-0.3, -0.25) is 0 Å². The van der Waals surface area contributed by atoms with Gasteiger partial charge in [0.1, 0.15) is 0 Å². The second-order valence-corrected chi connectivity index (χ2v) is 3.42. The van der Waals surface area contributed by atoms with Gasteiger partial charge in [-0.15, -0.1) is 0 Å². The van der Waals surface area contributed by atoms with Gasteiger partial charge in [0.25, 0.3) is 0 Å². The molecule has 0 saturated carbocycles. The Bertz CT molecular complexity index is 449. The van der Waals surface area contributed by atoms with Crippen molar-refractivity contribution in [2.24, 2.45) is 0 Å². The lowest BCUT2D eigenvalue weighted by molar-refractivity contribution is 1.50. The molecule has 0 aromatic heterocycles. The maximum absolute atomic E-state index is 5.82. The van der Waals surface area contributed by atoms with Gasteiger partial charge in [0.05, 0.1) is 11.4 Å². The van der Waals surface area contributed by atoms with E-state index >= 15 is 0 Å². The van der Waals surface area contributed by atoms with Crippen molar-refractivity contribution in [3.8, 4) is 11.1 Å². The van der Waals surface area contributed by atoms with Gasteiger partial charge in [-0.1, -0.05) is 36.4 Å². The smallest absolute Gasteiger partial charge is 0.0577 e. The molecule has 0 aliphatic carbocycles. The van der Waals surface area contributed by atoms with E-state index in [2.05, 4.69) is 23.5 Å². The van der Waals surface area contributed by atoms with Crippen molar-refractivity contribution >= 4 is 11.4 Å². The van der Waals surface area contributed by atoms with Crippen LogP contribution in [0.15, 0.2) is 48.5 Å². The fourth-order valence-electron chi connectivity index (χ4n) is 1.58. The van der Waals surface area contributed by atoms with Crippen LogP contribution in [0.25, 0.3) is 11.1 Å². The maximum Gasteiger partial charge on any atom is 0.0577 e. The summed E-state index contributed by atoms with van der Waals surface area (Å²) < 4.78 is 0. The molecule has 15 heavy (non-hydrogen) atoms. The molecular formula is C13H14N2. The van der Waals surface area contributed by atoms with Gasteiger partial charge in [-0.25, -0.2) is 0 Å². The zero-order valence-corrected chi connectivity index (χ0v) is 8.70. The van der Waals surface area contributed by atoms with Crippen molar-refractivity contribution in [3.05, 3.63) is 48.5 Å². The van der Waals surface area contributed by atoms with Crippen molar-refractivity contribution in [3.63, 3.8) is 0 Å². The van der Waals surface area contributed by atoms with Crippen molar-refractivity contribution in [1.82, 2.24) is 0 Å². The number of nitrogens with one attached hydrogen (secondary N) is 1. The molecule has 0 aliphatic heterocycles. The van der Waals surface area contributed by atoms with Crippen molar-refractivity contribution < 1.29 is 0 Å². The second-order valence-electron chi connectivity index (χ2n) is 3.42. The van der Waals surface area contributed by atoms with Gasteiger partial charge in [-0.2, -0.15) is 0 Å². The molecule has 0 spiro atoms. The summed E-state index contributed by atoms with van der Waals surface area (Å²) in [6.45, 7) is 0. The SMILES string of the molecule is CNc1cc(-c2ccccc2)ccc1N. The van der Waals surface area contributed by atoms with Gasteiger partial charge < -0.3 is 11.1 Å². The number of rotatable bonds is 2. The molecule has 2 nitrogen and oxygen atoms in total. The Labute approximate surface area is 89.7 Å². The average Bonchev–Trinajstić information content (AvgIpc) is 2.31. The molecule has 2 aromatic carbocycles. The van der Waals surface area contributed by atoms with Crippen molar-refractivity contribution in [2.45, 2.75) is 0 Å². The summed E-state index contributed by atoms with van der Waals surface area (Å²) in [5, 5.41) is 3.08. The van der Waals surface area contributed by atoms with E-state index < -0.39 is 0 Å². The lowest BCUT2D eigenvalue weighted by Gasteiger charge is -2.08. The van der Waals surface area contributed by atoms with E-state index in [0.717, 1.165) is 11.4 Å². The summed E-state index contributed by atoms with van der Waals surface area (Å²) in [4.78, 5) is 0. The first-order valence-electron chi connectivity index (χ1n) is 4.94. The molecule has 0 saturated heterocycles. The summed E-state index contributed by atoms with van der Waals surface area (Å²) in [5.74, 6) is 0. The quantitative estimate of drug-likeness (QED) is 0.728. The molecule has 2 heteroatoms. The summed E-state index contributed by atoms with van der Waals surface area (Å²) in [6, 6.07) is 16.3. The van der Waals surface area contributed by atoms with Gasteiger partial charge in [0.15, 0.2) is 0 Å². The minimum Gasteiger partial charge on any atom is -0.397 e. The fourth-order valence-corrected chi connectivity index (χ4v) is 1.58. The molecule has 0 amide bonds. The molecule has 2 aromatic rings. The normalized spacial score (nSPS) is 9.93. The van der Waals surface area contributed by atoms with E-state index in [4.69, 9.17) is 5.73 Å². The Morgan fingerprint density at radius 1 is 0.933 bits per heavy atom. The van der Waals surface area contributed by atoms with Crippen LogP contribution >= 0.6 is 0 Å². The maximum atomic E-state index is 5.82. The zero-order valence-electron chi connectivity index (χ0n) is 8.70. The van der Waals surface area contributed by atoms with Crippen molar-refractivity contribution in [2.75, 3.05) is 18.1 Å². The molecule has 2 rings (SSSR count). The molecule has 0 aliphatic rings. The van der Waals surface area contributed by atoms with E-state index in [1.54, 1.807) is 0 Å². The Balaban J connectivity index is 2.46. The van der Waals surface area contributed by atoms with Gasteiger partial charge in [0, 0.05) is 7.05 Å². The topological polar surface area (TPSA) is 38.0 Å². The highest BCUT2D eigenvalue weighted by Crippen LogP contribution is 2.26. The summed E-state index contributed by atoms with van der Waals surface area (Å²) in [5.41, 5.74) is 9.94. The number of anilines is 2. The minimum atomic E-state index is 0.775. The zero-order chi connectivity index (χ0) is 10.7. The summed E-state index contributed by atoms with van der Waals surface area (Å²) in [6.07, 6.45) is 0. The van der Waals surface area contributed by atoms with Gasteiger partial charge >= 0.3 is 0 Å². The van der Waals surface area contributed by atoms with Crippen molar-refractivity contribution in [1.29, 1.82) is 0 Å². The number of nitrogen functional groups attached to an aromatic ring is 1. The first-order valence-corrected chi connectivity index (χ1v) is 4.94. The van der Waals surface area contributed by atoms with E-state index in [0.29, 0.717) is 0 Å². The number of hydrogen-bond acceptors (Lipinski definition) is 2. The van der Waals surface area contributed by atoms with Gasteiger partial charge in [-0.05, 0) is 23.3 Å². The molecule has 76 valence electrons. The Kier molecular flexibility index (Phi) is 2.59. The van der Waals surface area contributed by atoms with Crippen LogP contribution in [0, 0.1) is 0 Å². The summed E-state index contributed by atoms with van der Waals surface area (Å²) >= 11 is 0. The molecule has 0 bridgehead atoms. The Hall–Kier alpha value is -1.96. The highest BCUT2D eigenvalue weighted by molar-refractivity contribution is 5.75. The Morgan fingerprint density at radius 3 is 2.33 bits per heavy atom. The lowest BCUT2D eigenvalue weighted by Crippen LogP contribution is -1.95. The third-order valence-electron chi connectivity index (χ3n) is 2.43. The van der Waals surface area contributed by atoms with Crippen LogP contribution in [0.5, 0.6) is 0 Å². The molecule has 0 fully saturated rings. The van der Waals surface area contributed by atoms with Crippen LogP contribution in [0.3, 0.4) is 0 Å². The minimum absolute atomic E-state index is 0.775. The van der Waals surface area contributed by atoms with Crippen LogP contribution in [0.2, 0.25) is 0 Å². The van der Waals surface area contributed by atoms with Crippen LogP contribution in [0.4, 0.5) is 11.4 Å². The fraction of sp³-hybridized carbons (Fsp3) is 0.0769. The predicted octanol–water partition coefficient (Wildman–Crippen LogP) is 2.98. The average molecular weight is 198 g/mol. The van der Waals surface area contributed by atoms with Crippen LogP contribution in [-0.4, -0.2) is 7.05 Å². The van der Waals surface area contributed by atoms with Gasteiger partial charge in [0.2, 0.25) is 0 Å². The molecule has 0 radical (unpaired) electrons. The first kappa shape index (κ1) is 9.59. The predicted molar refractivity (Wildman–Crippen MR) is 65.8 cm³/mol. The lowest BCUT2D eigenvalue weighted by atomic mass is 10.0. The highest BCUT2D eigenvalue weighted by Gasteiger charge is 2.00. The number of nitrogens with two attached hydrogens (primary N) is 1. The highest BCUT2D eigenvalue weighted by atomic mass is 14.8. The number of hydrogen-bond donors (Lipinski definition) is 2. The summed E-state index contributed by atoms with van der Waals surface area (Å²) in [7, 11) is 1.88. The van der Waals surface area contributed by atoms with Crippen LogP contribution in [-0.2, 0) is 0 Å². The largest absolute Gasteiger partial charge is 0.397 e. The van der Waals surface area contributed by atoms with E-state index in [-0.39, 0.29) is 0 Å². The number of benzene rings is 2. The monoisotopic (exact) mass is 198 g/mol. The third kappa shape index (κ3) is 1.94. The Morgan fingerprint density at radius 2 is 1.67 bits per heavy atom.